The largest absolute Gasteiger partial charge is 0.443 e. The van der Waals surface area contributed by atoms with E-state index in [1.807, 2.05) is 6.92 Å². The SMILES string of the molecule is CC(C(=O)NCc1ncc(C(C)(C)C)o1)C1CNC1. The second kappa shape index (κ2) is 5.33. The van der Waals surface area contributed by atoms with Gasteiger partial charge in [-0.3, -0.25) is 4.79 Å². The van der Waals surface area contributed by atoms with Gasteiger partial charge in [0.05, 0.1) is 12.7 Å². The van der Waals surface area contributed by atoms with E-state index in [1.165, 1.54) is 0 Å². The summed E-state index contributed by atoms with van der Waals surface area (Å²) in [6, 6.07) is 0. The van der Waals surface area contributed by atoms with Gasteiger partial charge in [-0.2, -0.15) is 0 Å². The highest BCUT2D eigenvalue weighted by atomic mass is 16.4. The Hall–Kier alpha value is -1.36. The zero-order valence-electron chi connectivity index (χ0n) is 12.1. The lowest BCUT2D eigenvalue weighted by Gasteiger charge is -2.31. The molecule has 0 spiro atoms. The topological polar surface area (TPSA) is 67.2 Å². The Balaban J connectivity index is 1.84. The molecule has 2 rings (SSSR count). The van der Waals surface area contributed by atoms with E-state index in [0.717, 1.165) is 18.8 Å². The third-order valence-corrected chi connectivity index (χ3v) is 3.64. The lowest BCUT2D eigenvalue weighted by Crippen LogP contribution is -2.49. The van der Waals surface area contributed by atoms with Gasteiger partial charge in [-0.05, 0) is 19.0 Å². The molecule has 1 aliphatic heterocycles. The maximum atomic E-state index is 11.9. The minimum Gasteiger partial charge on any atom is -0.443 e. The number of carbonyl (C=O) groups is 1. The van der Waals surface area contributed by atoms with Gasteiger partial charge in [-0.25, -0.2) is 4.98 Å². The van der Waals surface area contributed by atoms with E-state index in [9.17, 15) is 4.79 Å². The van der Waals surface area contributed by atoms with Crippen LogP contribution in [0.15, 0.2) is 10.6 Å². The predicted octanol–water partition coefficient (Wildman–Crippen LogP) is 1.44. The summed E-state index contributed by atoms with van der Waals surface area (Å²) in [6.45, 7) is 10.4. The summed E-state index contributed by atoms with van der Waals surface area (Å²) in [5.41, 5.74) is -0.0554. The summed E-state index contributed by atoms with van der Waals surface area (Å²) in [6.07, 6.45) is 1.74. The molecule has 106 valence electrons. The van der Waals surface area contributed by atoms with Crippen LogP contribution in [0.2, 0.25) is 0 Å². The average Bonchev–Trinajstić information content (AvgIpc) is 2.71. The molecule has 0 bridgehead atoms. The Morgan fingerprint density at radius 3 is 2.74 bits per heavy atom. The van der Waals surface area contributed by atoms with Crippen LogP contribution in [0.1, 0.15) is 39.3 Å². The van der Waals surface area contributed by atoms with Gasteiger partial charge in [0, 0.05) is 11.3 Å². The molecule has 0 radical (unpaired) electrons. The fourth-order valence-electron chi connectivity index (χ4n) is 1.94. The van der Waals surface area contributed by atoms with E-state index in [0.29, 0.717) is 18.4 Å². The Kier molecular flexibility index (Phi) is 3.94. The monoisotopic (exact) mass is 265 g/mol. The minimum atomic E-state index is -0.0554. The van der Waals surface area contributed by atoms with E-state index in [-0.39, 0.29) is 17.2 Å². The van der Waals surface area contributed by atoms with Gasteiger partial charge in [0.1, 0.15) is 5.76 Å². The van der Waals surface area contributed by atoms with Gasteiger partial charge in [0.25, 0.3) is 0 Å². The number of oxazole rings is 1. The Labute approximate surface area is 114 Å². The molecule has 1 aromatic rings. The van der Waals surface area contributed by atoms with Crippen molar-refractivity contribution in [3.8, 4) is 0 Å². The van der Waals surface area contributed by atoms with Gasteiger partial charge < -0.3 is 15.1 Å². The fraction of sp³-hybridized carbons (Fsp3) is 0.714. The first-order valence-electron chi connectivity index (χ1n) is 6.81. The van der Waals surface area contributed by atoms with Crippen LogP contribution in [0.25, 0.3) is 0 Å². The van der Waals surface area contributed by atoms with Crippen molar-refractivity contribution in [3.05, 3.63) is 17.8 Å². The molecule has 2 N–H and O–H groups in total. The van der Waals surface area contributed by atoms with Crippen molar-refractivity contribution in [2.75, 3.05) is 13.1 Å². The molecule has 1 unspecified atom stereocenters. The standard InChI is InChI=1S/C14H23N3O2/c1-9(10-5-15-6-10)13(18)17-8-12-16-7-11(19-12)14(2,3)4/h7,9-10,15H,5-6,8H2,1-4H3,(H,17,18). The van der Waals surface area contributed by atoms with E-state index >= 15 is 0 Å². The molecule has 1 aromatic heterocycles. The quantitative estimate of drug-likeness (QED) is 0.864. The van der Waals surface area contributed by atoms with E-state index < -0.39 is 0 Å². The third kappa shape index (κ3) is 3.35. The molecule has 5 nitrogen and oxygen atoms in total. The molecule has 0 saturated carbocycles. The van der Waals surface area contributed by atoms with Crippen molar-refractivity contribution >= 4 is 5.91 Å². The Morgan fingerprint density at radius 2 is 2.26 bits per heavy atom. The lowest BCUT2D eigenvalue weighted by atomic mass is 9.88. The highest BCUT2D eigenvalue weighted by Crippen LogP contribution is 2.22. The van der Waals surface area contributed by atoms with Crippen molar-refractivity contribution in [1.82, 2.24) is 15.6 Å². The number of amides is 1. The maximum Gasteiger partial charge on any atom is 0.223 e. The number of nitrogens with one attached hydrogen (secondary N) is 2. The van der Waals surface area contributed by atoms with Crippen molar-refractivity contribution in [1.29, 1.82) is 0 Å². The highest BCUT2D eigenvalue weighted by molar-refractivity contribution is 5.78. The van der Waals surface area contributed by atoms with Gasteiger partial charge in [0.2, 0.25) is 11.8 Å². The summed E-state index contributed by atoms with van der Waals surface area (Å²) in [5, 5.41) is 6.07. The molecule has 5 heteroatoms. The smallest absolute Gasteiger partial charge is 0.223 e. The first-order chi connectivity index (χ1) is 8.88. The van der Waals surface area contributed by atoms with Crippen LogP contribution >= 0.6 is 0 Å². The number of rotatable bonds is 4. The van der Waals surface area contributed by atoms with Crippen molar-refractivity contribution in [2.24, 2.45) is 11.8 Å². The number of nitrogens with zero attached hydrogens (tertiary/aromatic N) is 1. The Morgan fingerprint density at radius 1 is 1.58 bits per heavy atom. The second-order valence-electron chi connectivity index (χ2n) is 6.29. The zero-order valence-corrected chi connectivity index (χ0v) is 12.1. The van der Waals surface area contributed by atoms with E-state index in [1.54, 1.807) is 6.20 Å². The number of carbonyl (C=O) groups excluding carboxylic acids is 1. The molecule has 1 amide bonds. The molecule has 1 atom stereocenters. The van der Waals surface area contributed by atoms with Crippen LogP contribution in [0.4, 0.5) is 0 Å². The highest BCUT2D eigenvalue weighted by Gasteiger charge is 2.28. The normalized spacial score (nSPS) is 17.9. The lowest BCUT2D eigenvalue weighted by molar-refractivity contribution is -0.127. The van der Waals surface area contributed by atoms with Crippen molar-refractivity contribution in [3.63, 3.8) is 0 Å². The molecule has 1 fully saturated rings. The second-order valence-corrected chi connectivity index (χ2v) is 6.29. The van der Waals surface area contributed by atoms with Crippen molar-refractivity contribution in [2.45, 2.75) is 39.7 Å². The number of hydrogen-bond donors (Lipinski definition) is 2. The fourth-order valence-corrected chi connectivity index (χ4v) is 1.94. The van der Waals surface area contributed by atoms with E-state index in [4.69, 9.17) is 4.42 Å². The molecule has 1 aliphatic rings. The van der Waals surface area contributed by atoms with Crippen LogP contribution in [0.5, 0.6) is 0 Å². The molecule has 19 heavy (non-hydrogen) atoms. The van der Waals surface area contributed by atoms with Crippen LogP contribution in [-0.4, -0.2) is 24.0 Å². The molecule has 0 aliphatic carbocycles. The first-order valence-corrected chi connectivity index (χ1v) is 6.81. The Bertz CT molecular complexity index is 444. The van der Waals surface area contributed by atoms with Crippen molar-refractivity contribution < 1.29 is 9.21 Å². The van der Waals surface area contributed by atoms with Crippen LogP contribution in [0, 0.1) is 11.8 Å². The molecule has 2 heterocycles. The predicted molar refractivity (Wildman–Crippen MR) is 72.6 cm³/mol. The van der Waals surface area contributed by atoms with Gasteiger partial charge >= 0.3 is 0 Å². The minimum absolute atomic E-state index is 0.0401. The van der Waals surface area contributed by atoms with Crippen LogP contribution < -0.4 is 10.6 Å². The zero-order chi connectivity index (χ0) is 14.0. The summed E-state index contributed by atoms with van der Waals surface area (Å²) >= 11 is 0. The van der Waals surface area contributed by atoms with Crippen LogP contribution in [0.3, 0.4) is 0 Å². The molecular weight excluding hydrogens is 242 g/mol. The van der Waals surface area contributed by atoms with Gasteiger partial charge in [-0.1, -0.05) is 27.7 Å². The molecule has 1 saturated heterocycles. The van der Waals surface area contributed by atoms with Crippen LogP contribution in [-0.2, 0) is 16.8 Å². The summed E-state index contributed by atoms with van der Waals surface area (Å²) in [7, 11) is 0. The average molecular weight is 265 g/mol. The summed E-state index contributed by atoms with van der Waals surface area (Å²) in [4.78, 5) is 16.1. The summed E-state index contributed by atoms with van der Waals surface area (Å²) in [5.74, 6) is 1.97. The van der Waals surface area contributed by atoms with Gasteiger partial charge in [-0.15, -0.1) is 0 Å². The molecular formula is C14H23N3O2. The van der Waals surface area contributed by atoms with Gasteiger partial charge in [0.15, 0.2) is 0 Å². The number of aromatic nitrogens is 1. The number of hydrogen-bond acceptors (Lipinski definition) is 4. The summed E-state index contributed by atoms with van der Waals surface area (Å²) < 4.78 is 5.64. The molecule has 0 aromatic carbocycles. The maximum absolute atomic E-state index is 11.9. The first kappa shape index (κ1) is 14.1. The third-order valence-electron chi connectivity index (χ3n) is 3.64. The van der Waals surface area contributed by atoms with E-state index in [2.05, 4.69) is 36.4 Å².